The fourth-order valence-corrected chi connectivity index (χ4v) is 7.26. The number of hydrogen-bond donors (Lipinski definition) is 4. The van der Waals surface area contributed by atoms with E-state index in [1.54, 1.807) is 103 Å². The maximum Gasteiger partial charge on any atom is 0.345 e. The maximum atomic E-state index is 13.2. The van der Waals surface area contributed by atoms with Crippen molar-refractivity contribution in [2.45, 2.75) is 6.92 Å². The summed E-state index contributed by atoms with van der Waals surface area (Å²) in [4.78, 5) is 40.4. The molecular formula is C49H33Cl2N9O6. The Hall–Kier alpha value is -8.66. The number of aromatic hydroxyl groups is 2. The van der Waals surface area contributed by atoms with E-state index in [-0.39, 0.29) is 61.2 Å². The summed E-state index contributed by atoms with van der Waals surface area (Å²) in [5.74, 6) is -1.40. The van der Waals surface area contributed by atoms with Gasteiger partial charge in [0.05, 0.1) is 32.4 Å². The molecule has 66 heavy (non-hydrogen) atoms. The van der Waals surface area contributed by atoms with Crippen molar-refractivity contribution in [1.29, 1.82) is 0 Å². The molecule has 0 unspecified atom stereocenters. The lowest BCUT2D eigenvalue weighted by atomic mass is 10.0. The minimum Gasteiger partial charge on any atom is -0.505 e. The molecule has 0 fully saturated rings. The molecule has 0 radical (unpaired) electrons. The van der Waals surface area contributed by atoms with Crippen LogP contribution in [0.4, 0.5) is 38.9 Å². The highest BCUT2D eigenvalue weighted by atomic mass is 35.5. The number of azo groups is 2. The lowest BCUT2D eigenvalue weighted by Crippen LogP contribution is -2.17. The fraction of sp³-hybridized carbons (Fsp3) is 0.0204. The third kappa shape index (κ3) is 9.92. The number of phenols is 2. The van der Waals surface area contributed by atoms with E-state index in [4.69, 9.17) is 23.2 Å². The summed E-state index contributed by atoms with van der Waals surface area (Å²) in [5.41, 5.74) is 6.50. The van der Waals surface area contributed by atoms with Crippen molar-refractivity contribution < 1.29 is 24.7 Å². The first kappa shape index (κ1) is 44.0. The molecule has 0 saturated carbocycles. The summed E-state index contributed by atoms with van der Waals surface area (Å²) < 4.78 is 0. The number of carbonyl (C=O) groups is 2. The van der Waals surface area contributed by atoms with Crippen molar-refractivity contribution in [1.82, 2.24) is 5.43 Å². The molecule has 0 saturated heterocycles. The lowest BCUT2D eigenvalue weighted by Gasteiger charge is -2.11. The number of hydrogen-bond acceptors (Lipinski definition) is 11. The second-order valence-electron chi connectivity index (χ2n) is 14.6. The van der Waals surface area contributed by atoms with E-state index in [1.165, 1.54) is 30.6 Å². The van der Waals surface area contributed by atoms with E-state index >= 15 is 0 Å². The molecule has 8 rings (SSSR count). The van der Waals surface area contributed by atoms with E-state index in [0.29, 0.717) is 38.2 Å². The number of hydrazone groups is 1. The number of nitrogens with zero attached hydrogens (tertiary/aromatic N) is 7. The minimum atomic E-state index is -0.842. The molecule has 17 heteroatoms. The van der Waals surface area contributed by atoms with Crippen LogP contribution in [0.1, 0.15) is 27.0 Å². The van der Waals surface area contributed by atoms with Crippen LogP contribution in [-0.2, 0) is 0 Å². The van der Waals surface area contributed by atoms with Crippen molar-refractivity contribution in [2.75, 3.05) is 5.32 Å². The highest BCUT2D eigenvalue weighted by Crippen LogP contribution is 2.44. The minimum absolute atomic E-state index is 0.00614. The molecular weight excluding hydrogens is 882 g/mol. The van der Waals surface area contributed by atoms with Crippen molar-refractivity contribution in [3.8, 4) is 22.6 Å². The number of halogens is 2. The van der Waals surface area contributed by atoms with Gasteiger partial charge in [-0.2, -0.15) is 5.10 Å². The van der Waals surface area contributed by atoms with Crippen LogP contribution in [0.15, 0.2) is 176 Å². The predicted octanol–water partition coefficient (Wildman–Crippen LogP) is 13.8. The van der Waals surface area contributed by atoms with Gasteiger partial charge in [-0.25, -0.2) is 15.2 Å². The number of carbonyl (C=O) groups excluding carboxylic acids is 2. The van der Waals surface area contributed by atoms with Crippen LogP contribution < -0.4 is 10.7 Å². The smallest absolute Gasteiger partial charge is 0.345 e. The Morgan fingerprint density at radius 1 is 0.636 bits per heavy atom. The quantitative estimate of drug-likeness (QED) is 0.0325. The first-order valence-electron chi connectivity index (χ1n) is 19.8. The van der Waals surface area contributed by atoms with Crippen LogP contribution >= 0.6 is 23.2 Å². The lowest BCUT2D eigenvalue weighted by molar-refractivity contribution is -0.384. The normalized spacial score (nSPS) is 11.7. The molecule has 0 aliphatic heterocycles. The Morgan fingerprint density at radius 3 is 1.82 bits per heavy atom. The number of nitro benzene ring substituents is 1. The van der Waals surface area contributed by atoms with Gasteiger partial charge in [-0.1, -0.05) is 126 Å². The van der Waals surface area contributed by atoms with E-state index in [0.717, 1.165) is 11.1 Å². The topological polar surface area (TPSA) is 216 Å². The summed E-state index contributed by atoms with van der Waals surface area (Å²) in [7, 11) is 0. The number of nitrogens with one attached hydrogen (secondary N) is 2. The average Bonchev–Trinajstić information content (AvgIpc) is 3.31. The van der Waals surface area contributed by atoms with Gasteiger partial charge in [-0.05, 0) is 76.3 Å². The van der Waals surface area contributed by atoms with Gasteiger partial charge in [0.1, 0.15) is 22.7 Å². The van der Waals surface area contributed by atoms with Crippen LogP contribution in [0, 0.1) is 17.0 Å². The third-order valence-corrected chi connectivity index (χ3v) is 10.7. The Bertz CT molecular complexity index is 3370. The highest BCUT2D eigenvalue weighted by Gasteiger charge is 2.19. The van der Waals surface area contributed by atoms with Gasteiger partial charge in [0.2, 0.25) is 0 Å². The zero-order valence-electron chi connectivity index (χ0n) is 34.4. The van der Waals surface area contributed by atoms with Crippen molar-refractivity contribution >= 4 is 103 Å². The SMILES string of the molecule is Cc1cccc(C=NNC(=O)c2cc3ccccc3c(N=Nc3ccc(-c4ccc(N=Nc5c(O)c(NC(=O)N=Cc6cccc([N+](=O)[O-])c6)cc6ccccc56)c(Cl)c4)cc3Cl)c2O)c1. The molecule has 0 spiro atoms. The number of rotatable bonds is 11. The van der Waals surface area contributed by atoms with Gasteiger partial charge in [0, 0.05) is 29.1 Å². The molecule has 15 nitrogen and oxygen atoms in total. The van der Waals surface area contributed by atoms with Gasteiger partial charge in [-0.15, -0.1) is 20.5 Å². The summed E-state index contributed by atoms with van der Waals surface area (Å²) in [5, 5.41) is 60.5. The third-order valence-electron chi connectivity index (χ3n) is 10.1. The number of benzene rings is 8. The van der Waals surface area contributed by atoms with Crippen molar-refractivity contribution in [2.24, 2.45) is 30.6 Å². The predicted molar refractivity (Wildman–Crippen MR) is 257 cm³/mol. The summed E-state index contributed by atoms with van der Waals surface area (Å²) in [6.07, 6.45) is 2.68. The van der Waals surface area contributed by atoms with Crippen molar-refractivity contribution in [3.05, 3.63) is 188 Å². The number of aryl methyl sites for hydroxylation is 1. The molecule has 4 N–H and O–H groups in total. The molecule has 0 aliphatic carbocycles. The Balaban J connectivity index is 1.00. The number of amides is 3. The monoisotopic (exact) mass is 913 g/mol. The standard InChI is InChI=1S/C49H33Cl2N9O6/c1-28-8-6-9-29(20-28)27-53-59-48(63)38-22-33-11-2-4-14-36(33)44(46(38)61)57-55-41-18-16-31(23-39(41)50)32-17-19-42(40(51)24-32)56-58-45-37-15-5-3-12-34(37)25-43(47(45)62)54-49(64)52-26-30-10-7-13-35(21-30)60(65)66/h2-27,61-62H,1H3,(H,54,64)(H,59,63). The van der Waals surface area contributed by atoms with E-state index < -0.39 is 16.9 Å². The second-order valence-corrected chi connectivity index (χ2v) is 15.4. The average molecular weight is 915 g/mol. The molecule has 0 bridgehead atoms. The van der Waals surface area contributed by atoms with Gasteiger partial charge >= 0.3 is 6.03 Å². The van der Waals surface area contributed by atoms with Crippen LogP contribution in [0.5, 0.6) is 11.5 Å². The van der Waals surface area contributed by atoms with E-state index in [1.807, 2.05) is 31.2 Å². The number of phenolic OH excluding ortho intramolecular Hbond substituents is 2. The van der Waals surface area contributed by atoms with E-state index in [2.05, 4.69) is 41.3 Å². The molecule has 8 aromatic rings. The summed E-state index contributed by atoms with van der Waals surface area (Å²) in [6, 6.07) is 39.8. The molecule has 324 valence electrons. The van der Waals surface area contributed by atoms with Gasteiger partial charge in [-0.3, -0.25) is 14.9 Å². The molecule has 0 heterocycles. The maximum absolute atomic E-state index is 13.2. The number of nitro groups is 1. The Kier molecular flexibility index (Phi) is 12.9. The Labute approximate surface area is 385 Å². The Morgan fingerprint density at radius 2 is 1.21 bits per heavy atom. The number of aliphatic imine (C=N–C) groups is 1. The highest BCUT2D eigenvalue weighted by molar-refractivity contribution is 6.34. The van der Waals surface area contributed by atoms with Gasteiger partial charge in [0.25, 0.3) is 11.6 Å². The zero-order valence-corrected chi connectivity index (χ0v) is 35.9. The van der Waals surface area contributed by atoms with Crippen LogP contribution in [-0.4, -0.2) is 39.5 Å². The summed E-state index contributed by atoms with van der Waals surface area (Å²) in [6.45, 7) is 1.95. The second kappa shape index (κ2) is 19.4. The molecule has 8 aromatic carbocycles. The number of fused-ring (bicyclic) bond motifs is 2. The van der Waals surface area contributed by atoms with Crippen LogP contribution in [0.2, 0.25) is 10.0 Å². The van der Waals surface area contributed by atoms with Crippen molar-refractivity contribution in [3.63, 3.8) is 0 Å². The first-order valence-corrected chi connectivity index (χ1v) is 20.6. The summed E-state index contributed by atoms with van der Waals surface area (Å²) >= 11 is 13.4. The van der Waals surface area contributed by atoms with Gasteiger partial charge < -0.3 is 15.5 Å². The first-order chi connectivity index (χ1) is 31.9. The molecule has 0 aliphatic rings. The fourth-order valence-electron chi connectivity index (χ4n) is 6.82. The van der Waals surface area contributed by atoms with Gasteiger partial charge in [0.15, 0.2) is 11.5 Å². The molecule has 3 amide bonds. The number of urea groups is 1. The zero-order chi connectivity index (χ0) is 46.3. The molecule has 0 atom stereocenters. The van der Waals surface area contributed by atoms with E-state index in [9.17, 15) is 29.9 Å². The molecule has 0 aromatic heterocycles. The number of anilines is 1. The van der Waals surface area contributed by atoms with Crippen LogP contribution in [0.3, 0.4) is 0 Å². The van der Waals surface area contributed by atoms with Crippen LogP contribution in [0.25, 0.3) is 32.7 Å². The largest absolute Gasteiger partial charge is 0.505 e. The number of non-ortho nitro benzene ring substituents is 1.